The van der Waals surface area contributed by atoms with E-state index in [2.05, 4.69) is 21.3 Å². The number of carbonyl (C=O) groups excluding carboxylic acids is 7. The highest BCUT2D eigenvalue weighted by Crippen LogP contribution is 2.21. The fourth-order valence-electron chi connectivity index (χ4n) is 6.70. The van der Waals surface area contributed by atoms with Crippen molar-refractivity contribution in [3.8, 4) is 5.75 Å². The molecule has 0 bridgehead atoms. The highest BCUT2D eigenvalue weighted by molar-refractivity contribution is 5.94. The van der Waals surface area contributed by atoms with Gasteiger partial charge in [-0.3, -0.25) is 28.9 Å². The fourth-order valence-corrected chi connectivity index (χ4v) is 6.70. The Bertz CT molecular complexity index is 1830. The van der Waals surface area contributed by atoms with Gasteiger partial charge in [-0.05, 0) is 96.1 Å². The number of carbonyl (C=O) groups is 7. The molecule has 4 amide bonds. The molecule has 0 unspecified atom stereocenters. The van der Waals surface area contributed by atoms with Gasteiger partial charge in [0.25, 0.3) is 0 Å². The van der Waals surface area contributed by atoms with Crippen LogP contribution in [-0.4, -0.2) is 103 Å². The lowest BCUT2D eigenvalue weighted by atomic mass is 9.91. The number of rotatable bonds is 26. The van der Waals surface area contributed by atoms with Gasteiger partial charge >= 0.3 is 11.9 Å². The molecule has 2 rings (SSSR count). The van der Waals surface area contributed by atoms with Gasteiger partial charge in [0.1, 0.15) is 48.0 Å². The van der Waals surface area contributed by atoms with E-state index in [4.69, 9.17) is 14.2 Å². The summed E-state index contributed by atoms with van der Waals surface area (Å²) in [5.41, 5.74) is 1.24. The van der Waals surface area contributed by atoms with E-state index < -0.39 is 77.7 Å². The van der Waals surface area contributed by atoms with E-state index in [1.165, 1.54) is 14.0 Å². The van der Waals surface area contributed by atoms with Gasteiger partial charge in [0, 0.05) is 31.7 Å². The first-order chi connectivity index (χ1) is 30.0. The Labute approximate surface area is 380 Å². The van der Waals surface area contributed by atoms with Crippen LogP contribution >= 0.6 is 0 Å². The summed E-state index contributed by atoms with van der Waals surface area (Å²) in [4.78, 5) is 97.1. The van der Waals surface area contributed by atoms with Crippen molar-refractivity contribution in [2.24, 2.45) is 23.7 Å². The summed E-state index contributed by atoms with van der Waals surface area (Å²) in [6.07, 6.45) is -0.614. The molecule has 2 aromatic rings. The molecule has 15 nitrogen and oxygen atoms in total. The Hall–Kier alpha value is -5.31. The zero-order valence-corrected chi connectivity index (χ0v) is 40.4. The largest absolute Gasteiger partial charge is 0.488 e. The predicted molar refractivity (Wildman–Crippen MR) is 246 cm³/mol. The second-order valence-electron chi connectivity index (χ2n) is 18.6. The Kier molecular flexibility index (Phi) is 22.7. The number of ether oxygens (including phenoxy) is 3. The van der Waals surface area contributed by atoms with Gasteiger partial charge in [-0.25, -0.2) is 9.59 Å². The lowest BCUT2D eigenvalue weighted by molar-refractivity contribution is -0.158. The van der Waals surface area contributed by atoms with Crippen molar-refractivity contribution < 1.29 is 47.8 Å². The SMILES string of the molecule is CC[C@H](C)[C@H](NC(=O)[C@H](Cc1ccc(OC(C)(C)C)cc1)N(C)C)C(=O)O[C@H](C)[C@H](NC(=O)[C@H](CCC(=O)NC)CC(=O)C(C)C)C(=O)N[C@@H](CC(C)C)C(=O)OCc1ccccc1. The molecular weight excluding hydrogens is 819 g/mol. The number of benzene rings is 2. The molecule has 0 aliphatic rings. The third-order valence-corrected chi connectivity index (χ3v) is 10.8. The third-order valence-electron chi connectivity index (χ3n) is 10.8. The number of likely N-dealkylation sites (N-methyl/N-ethyl adjacent to an activating group) is 1. The van der Waals surface area contributed by atoms with Crippen LogP contribution in [0.4, 0.5) is 0 Å². The number of hydrogen-bond acceptors (Lipinski definition) is 11. The van der Waals surface area contributed by atoms with Crippen LogP contribution in [0.5, 0.6) is 5.75 Å². The molecular formula is C49H75N5O10. The quantitative estimate of drug-likeness (QED) is 0.0893. The summed E-state index contributed by atoms with van der Waals surface area (Å²) in [5.74, 6) is -5.26. The number of esters is 2. The summed E-state index contributed by atoms with van der Waals surface area (Å²) in [5, 5.41) is 10.8. The van der Waals surface area contributed by atoms with Crippen molar-refractivity contribution >= 4 is 41.4 Å². The van der Waals surface area contributed by atoms with Crippen LogP contribution < -0.4 is 26.0 Å². The molecule has 0 aliphatic heterocycles. The maximum Gasteiger partial charge on any atom is 0.329 e. The Morgan fingerprint density at radius 3 is 1.88 bits per heavy atom. The lowest BCUT2D eigenvalue weighted by Gasteiger charge is -2.31. The van der Waals surface area contributed by atoms with Gasteiger partial charge in [0.2, 0.25) is 23.6 Å². The smallest absolute Gasteiger partial charge is 0.329 e. The average Bonchev–Trinajstić information content (AvgIpc) is 3.23. The van der Waals surface area contributed by atoms with Gasteiger partial charge in [-0.2, -0.15) is 0 Å². The summed E-state index contributed by atoms with van der Waals surface area (Å²) in [7, 11) is 5.00. The third kappa shape index (κ3) is 19.2. The molecule has 0 saturated heterocycles. The maximum absolute atomic E-state index is 14.4. The highest BCUT2D eigenvalue weighted by atomic mass is 16.5. The zero-order valence-electron chi connectivity index (χ0n) is 40.4. The van der Waals surface area contributed by atoms with Crippen LogP contribution in [0.1, 0.15) is 112 Å². The first-order valence-electron chi connectivity index (χ1n) is 22.5. The Balaban J connectivity index is 2.47. The molecule has 356 valence electrons. The molecule has 15 heteroatoms. The summed E-state index contributed by atoms with van der Waals surface area (Å²) >= 11 is 0. The van der Waals surface area contributed by atoms with Crippen molar-refractivity contribution in [1.29, 1.82) is 0 Å². The number of amides is 4. The van der Waals surface area contributed by atoms with Crippen LogP contribution in [0.25, 0.3) is 0 Å². The van der Waals surface area contributed by atoms with E-state index in [9.17, 15) is 33.6 Å². The van der Waals surface area contributed by atoms with E-state index in [1.807, 2.05) is 84.0 Å². The highest BCUT2D eigenvalue weighted by Gasteiger charge is 2.38. The second kappa shape index (κ2) is 26.5. The topological polar surface area (TPSA) is 199 Å². The number of hydrogen-bond donors (Lipinski definition) is 4. The van der Waals surface area contributed by atoms with E-state index in [1.54, 1.807) is 51.9 Å². The second-order valence-corrected chi connectivity index (χ2v) is 18.6. The summed E-state index contributed by atoms with van der Waals surface area (Å²) < 4.78 is 17.5. The van der Waals surface area contributed by atoms with Crippen molar-refractivity contribution in [1.82, 2.24) is 26.2 Å². The molecule has 4 N–H and O–H groups in total. The van der Waals surface area contributed by atoms with Crippen molar-refractivity contribution in [2.45, 2.75) is 150 Å². The van der Waals surface area contributed by atoms with E-state index in [0.717, 1.165) is 11.1 Å². The van der Waals surface area contributed by atoms with Gasteiger partial charge < -0.3 is 35.5 Å². The summed E-state index contributed by atoms with van der Waals surface area (Å²) in [6.45, 7) is 18.1. The first-order valence-corrected chi connectivity index (χ1v) is 22.5. The van der Waals surface area contributed by atoms with Gasteiger partial charge in [-0.1, -0.05) is 90.4 Å². The molecule has 0 radical (unpaired) electrons. The molecule has 0 fully saturated rings. The minimum atomic E-state index is -1.57. The Morgan fingerprint density at radius 1 is 0.734 bits per heavy atom. The molecule has 7 atom stereocenters. The molecule has 2 aromatic carbocycles. The van der Waals surface area contributed by atoms with E-state index in [-0.39, 0.29) is 55.5 Å². The van der Waals surface area contributed by atoms with Gasteiger partial charge in [-0.15, -0.1) is 0 Å². The van der Waals surface area contributed by atoms with Crippen LogP contribution in [0.2, 0.25) is 0 Å². The standard InChI is InChI=1S/C49H75N5O10/c1-14-32(6)42(52-45(58)39(54(12)13)27-34-20-23-37(24-21-34)64-49(8,9)10)48(61)63-33(7)43(53-44(57)36(22-25-41(56)50-11)28-40(55)31(4)5)46(59)51-38(26-30(2)3)47(60)62-29-35-18-16-15-17-19-35/h15-21,23-24,30-33,36,38-39,42-43H,14,22,25-29H2,1-13H3,(H,50,56)(H,51,59)(H,52,58)(H,53,57)/t32-,33+,36+,38-,39-,42-,43-/m0/s1. The van der Waals surface area contributed by atoms with Gasteiger partial charge in [0.15, 0.2) is 0 Å². The molecule has 0 aromatic heterocycles. The number of ketones is 1. The number of nitrogens with one attached hydrogen (secondary N) is 4. The Morgan fingerprint density at radius 2 is 1.34 bits per heavy atom. The van der Waals surface area contributed by atoms with Crippen LogP contribution in [0.15, 0.2) is 54.6 Å². The molecule has 0 spiro atoms. The van der Waals surface area contributed by atoms with Crippen molar-refractivity contribution in [3.05, 3.63) is 65.7 Å². The summed E-state index contributed by atoms with van der Waals surface area (Å²) in [6, 6.07) is 12.0. The van der Waals surface area contributed by atoms with Crippen LogP contribution in [0.3, 0.4) is 0 Å². The van der Waals surface area contributed by atoms with Crippen LogP contribution in [0, 0.1) is 23.7 Å². The average molecular weight is 894 g/mol. The maximum atomic E-state index is 14.4. The molecule has 0 aliphatic carbocycles. The minimum absolute atomic E-state index is 0.00172. The van der Waals surface area contributed by atoms with E-state index >= 15 is 0 Å². The van der Waals surface area contributed by atoms with E-state index in [0.29, 0.717) is 18.6 Å². The molecule has 0 heterocycles. The minimum Gasteiger partial charge on any atom is -0.488 e. The first kappa shape index (κ1) is 54.8. The van der Waals surface area contributed by atoms with Crippen molar-refractivity contribution in [2.75, 3.05) is 21.1 Å². The normalized spacial score (nSPS) is 14.9. The molecule has 64 heavy (non-hydrogen) atoms. The lowest BCUT2D eigenvalue weighted by Crippen LogP contribution is -2.59. The number of Topliss-reactive ketones (excluding diaryl/α,β-unsaturated/α-hetero) is 1. The monoisotopic (exact) mass is 894 g/mol. The van der Waals surface area contributed by atoms with Crippen molar-refractivity contribution in [3.63, 3.8) is 0 Å². The fraction of sp³-hybridized carbons (Fsp3) is 0.612. The zero-order chi connectivity index (χ0) is 48.3. The number of nitrogens with zero attached hydrogens (tertiary/aromatic N) is 1. The predicted octanol–water partition coefficient (Wildman–Crippen LogP) is 5.32. The molecule has 0 saturated carbocycles. The van der Waals surface area contributed by atoms with Crippen LogP contribution in [-0.2, 0) is 56.1 Å². The van der Waals surface area contributed by atoms with Gasteiger partial charge in [0.05, 0.1) is 6.04 Å².